The third-order valence-electron chi connectivity index (χ3n) is 7.74. The molecular weight excluding hydrogens is 464 g/mol. The number of ether oxygens (including phenoxy) is 1. The number of nitrogens with one attached hydrogen (secondary N) is 1. The van der Waals surface area contributed by atoms with E-state index in [1.807, 2.05) is 6.92 Å². The molecule has 1 aliphatic carbocycles. The predicted molar refractivity (Wildman–Crippen MR) is 147 cm³/mol. The van der Waals surface area contributed by atoms with Gasteiger partial charge in [-0.15, -0.1) is 0 Å². The highest BCUT2D eigenvalue weighted by Gasteiger charge is 2.26. The zero-order valence-corrected chi connectivity index (χ0v) is 22.2. The van der Waals surface area contributed by atoms with Crippen LogP contribution in [0, 0.1) is 5.92 Å². The molecule has 2 fully saturated rings. The molecule has 1 unspecified atom stereocenters. The van der Waals surface area contributed by atoms with E-state index in [9.17, 15) is 14.7 Å². The summed E-state index contributed by atoms with van der Waals surface area (Å²) in [7, 11) is 0. The molecule has 6 nitrogen and oxygen atoms in total. The lowest BCUT2D eigenvalue weighted by Gasteiger charge is -2.34. The Balaban J connectivity index is 1.54. The summed E-state index contributed by atoms with van der Waals surface area (Å²) < 4.78 is 5.69. The Kier molecular flexibility index (Phi) is 9.86. The third-order valence-corrected chi connectivity index (χ3v) is 7.74. The first-order valence-electron chi connectivity index (χ1n) is 14.2. The van der Waals surface area contributed by atoms with Crippen LogP contribution >= 0.6 is 0 Å². The van der Waals surface area contributed by atoms with Gasteiger partial charge in [0, 0.05) is 18.8 Å². The molecule has 1 atom stereocenters. The summed E-state index contributed by atoms with van der Waals surface area (Å²) in [6.45, 7) is 4.55. The molecule has 200 valence electrons. The summed E-state index contributed by atoms with van der Waals surface area (Å²) in [6, 6.07) is 13.5. The van der Waals surface area contributed by atoms with Crippen molar-refractivity contribution in [2.45, 2.75) is 83.6 Å². The topological polar surface area (TPSA) is 78.9 Å². The maximum Gasteiger partial charge on any atom is 0.339 e. The number of carbonyl (C=O) groups excluding carboxylic acids is 1. The number of carboxylic acids is 1. The van der Waals surface area contributed by atoms with Gasteiger partial charge in [-0.3, -0.25) is 4.79 Å². The van der Waals surface area contributed by atoms with E-state index < -0.39 is 5.97 Å². The molecule has 6 heteroatoms. The number of aromatic carboxylic acids is 1. The van der Waals surface area contributed by atoms with Crippen LogP contribution in [0.3, 0.4) is 0 Å². The predicted octanol–water partition coefficient (Wildman–Crippen LogP) is 6.53. The van der Waals surface area contributed by atoms with Gasteiger partial charge in [-0.1, -0.05) is 63.3 Å². The van der Waals surface area contributed by atoms with Gasteiger partial charge in [0.05, 0.1) is 19.1 Å². The largest absolute Gasteiger partial charge is 0.493 e. The van der Waals surface area contributed by atoms with Crippen molar-refractivity contribution in [3.63, 3.8) is 0 Å². The molecule has 4 rings (SSSR count). The van der Waals surface area contributed by atoms with Gasteiger partial charge in [-0.25, -0.2) is 4.79 Å². The fourth-order valence-electron chi connectivity index (χ4n) is 5.84. The maximum absolute atomic E-state index is 13.4. The Morgan fingerprint density at radius 1 is 1.03 bits per heavy atom. The Hall–Kier alpha value is -3.02. The lowest BCUT2D eigenvalue weighted by molar-refractivity contribution is -0.121. The highest BCUT2D eigenvalue weighted by atomic mass is 16.5. The monoisotopic (exact) mass is 506 g/mol. The number of para-hydroxylation sites is 1. The number of amides is 1. The molecule has 0 bridgehead atoms. The second-order valence-corrected chi connectivity index (χ2v) is 10.6. The first-order valence-corrected chi connectivity index (χ1v) is 14.2. The van der Waals surface area contributed by atoms with Crippen LogP contribution in [0.25, 0.3) is 0 Å². The van der Waals surface area contributed by atoms with Crippen LogP contribution in [0.4, 0.5) is 5.69 Å². The van der Waals surface area contributed by atoms with Crippen LogP contribution in [0.5, 0.6) is 5.75 Å². The van der Waals surface area contributed by atoms with E-state index >= 15 is 0 Å². The molecule has 1 amide bonds. The second-order valence-electron chi connectivity index (χ2n) is 10.6. The summed E-state index contributed by atoms with van der Waals surface area (Å²) in [6.07, 6.45) is 12.0. The van der Waals surface area contributed by atoms with Crippen molar-refractivity contribution in [1.29, 1.82) is 0 Å². The number of carboxylic acid groups (broad SMARTS) is 1. The quantitative estimate of drug-likeness (QED) is 0.362. The summed E-state index contributed by atoms with van der Waals surface area (Å²) in [4.78, 5) is 27.5. The van der Waals surface area contributed by atoms with Gasteiger partial charge in [0.25, 0.3) is 0 Å². The van der Waals surface area contributed by atoms with Crippen LogP contribution < -0.4 is 15.0 Å². The molecule has 1 saturated heterocycles. The van der Waals surface area contributed by atoms with Crippen LogP contribution in [0.1, 0.15) is 98.7 Å². The van der Waals surface area contributed by atoms with E-state index in [0.29, 0.717) is 18.3 Å². The number of benzene rings is 2. The second kappa shape index (κ2) is 13.5. The van der Waals surface area contributed by atoms with Crippen LogP contribution in [0.2, 0.25) is 0 Å². The van der Waals surface area contributed by atoms with Gasteiger partial charge in [-0.2, -0.15) is 0 Å². The summed E-state index contributed by atoms with van der Waals surface area (Å²) in [5.74, 6) is -0.117. The Morgan fingerprint density at radius 3 is 2.49 bits per heavy atom. The van der Waals surface area contributed by atoms with Crippen molar-refractivity contribution in [2.75, 3.05) is 24.6 Å². The average molecular weight is 507 g/mol. The fraction of sp³-hybridized carbons (Fsp3) is 0.548. The average Bonchev–Trinajstić information content (AvgIpc) is 2.92. The minimum absolute atomic E-state index is 0.0390. The highest BCUT2D eigenvalue weighted by Crippen LogP contribution is 2.36. The zero-order valence-electron chi connectivity index (χ0n) is 22.2. The lowest BCUT2D eigenvalue weighted by Crippen LogP contribution is -2.35. The van der Waals surface area contributed by atoms with Gasteiger partial charge in [0.2, 0.25) is 5.91 Å². The van der Waals surface area contributed by atoms with E-state index in [1.165, 1.54) is 62.6 Å². The molecule has 1 aliphatic heterocycles. The molecule has 1 heterocycles. The number of piperidine rings is 1. The smallest absolute Gasteiger partial charge is 0.339 e. The summed E-state index contributed by atoms with van der Waals surface area (Å²) in [5, 5.41) is 12.9. The highest BCUT2D eigenvalue weighted by molar-refractivity contribution is 5.91. The fourth-order valence-corrected chi connectivity index (χ4v) is 5.84. The molecule has 2 aromatic rings. The van der Waals surface area contributed by atoms with Crippen LogP contribution in [0.15, 0.2) is 42.5 Å². The van der Waals surface area contributed by atoms with Crippen molar-refractivity contribution < 1.29 is 19.4 Å². The molecule has 1 saturated carbocycles. The molecule has 2 N–H and O–H groups in total. The van der Waals surface area contributed by atoms with E-state index in [0.717, 1.165) is 31.5 Å². The van der Waals surface area contributed by atoms with Crippen LogP contribution in [-0.2, 0) is 11.2 Å². The summed E-state index contributed by atoms with van der Waals surface area (Å²) in [5.41, 5.74) is 3.36. The normalized spacial score (nSPS) is 17.3. The third kappa shape index (κ3) is 7.50. The van der Waals surface area contributed by atoms with Gasteiger partial charge in [0.1, 0.15) is 11.3 Å². The Bertz CT molecular complexity index is 1040. The van der Waals surface area contributed by atoms with Gasteiger partial charge in [-0.05, 0) is 67.3 Å². The first kappa shape index (κ1) is 27.0. The van der Waals surface area contributed by atoms with Crippen molar-refractivity contribution in [1.82, 2.24) is 5.32 Å². The number of nitrogens with zero attached hydrogens (tertiary/aromatic N) is 1. The molecule has 2 aromatic carbocycles. The van der Waals surface area contributed by atoms with E-state index in [2.05, 4.69) is 34.5 Å². The SMILES string of the molecule is CCCOc1cc(CC(=O)NC(CC2CCCCC2)c2ccccc2N2CCCCC2)ccc1C(=O)O. The van der Waals surface area contributed by atoms with Gasteiger partial charge >= 0.3 is 5.97 Å². The van der Waals surface area contributed by atoms with Crippen molar-refractivity contribution in [3.8, 4) is 5.75 Å². The molecule has 0 aromatic heterocycles. The molecule has 0 radical (unpaired) electrons. The van der Waals surface area contributed by atoms with Gasteiger partial charge < -0.3 is 20.1 Å². The van der Waals surface area contributed by atoms with Gasteiger partial charge in [0.15, 0.2) is 0 Å². The van der Waals surface area contributed by atoms with E-state index in [-0.39, 0.29) is 23.9 Å². The number of hydrogen-bond donors (Lipinski definition) is 2. The number of anilines is 1. The van der Waals surface area contributed by atoms with E-state index in [4.69, 9.17) is 4.74 Å². The Morgan fingerprint density at radius 2 is 1.76 bits per heavy atom. The molecule has 2 aliphatic rings. The number of rotatable bonds is 11. The van der Waals surface area contributed by atoms with Crippen molar-refractivity contribution in [3.05, 3.63) is 59.2 Å². The zero-order chi connectivity index (χ0) is 26.0. The molecule has 0 spiro atoms. The summed E-state index contributed by atoms with van der Waals surface area (Å²) >= 11 is 0. The number of carbonyl (C=O) groups is 2. The maximum atomic E-state index is 13.4. The van der Waals surface area contributed by atoms with Crippen molar-refractivity contribution >= 4 is 17.6 Å². The van der Waals surface area contributed by atoms with Crippen LogP contribution in [-0.4, -0.2) is 36.7 Å². The van der Waals surface area contributed by atoms with Crippen molar-refractivity contribution in [2.24, 2.45) is 5.92 Å². The van der Waals surface area contributed by atoms with E-state index in [1.54, 1.807) is 18.2 Å². The minimum Gasteiger partial charge on any atom is -0.493 e. The Labute approximate surface area is 221 Å². The molecule has 37 heavy (non-hydrogen) atoms. The minimum atomic E-state index is -1.02. The number of hydrogen-bond acceptors (Lipinski definition) is 4. The lowest BCUT2D eigenvalue weighted by atomic mass is 9.83. The molecular formula is C31H42N2O4. The first-order chi connectivity index (χ1) is 18.0. The standard InChI is InChI=1S/C31H42N2O4/c1-2-19-37-29-21-24(15-16-26(29)31(35)36)22-30(34)32-27(20-23-11-5-3-6-12-23)25-13-7-8-14-28(25)33-17-9-4-10-18-33/h7-8,13-16,21,23,27H,2-6,9-12,17-20,22H2,1H3,(H,32,34)(H,35,36).